The van der Waals surface area contributed by atoms with Crippen LogP contribution in [0.2, 0.25) is 0 Å². The van der Waals surface area contributed by atoms with Gasteiger partial charge in [-0.1, -0.05) is 12.5 Å². The number of rotatable bonds is 3. The molecule has 80 valence electrons. The molecule has 0 N–H and O–H groups in total. The summed E-state index contributed by atoms with van der Waals surface area (Å²) in [5, 5.41) is 0. The Balaban J connectivity index is 1.99. The van der Waals surface area contributed by atoms with Crippen LogP contribution in [0.3, 0.4) is 0 Å². The van der Waals surface area contributed by atoms with Gasteiger partial charge in [0.2, 0.25) is 0 Å². The first-order valence-corrected chi connectivity index (χ1v) is 5.15. The van der Waals surface area contributed by atoms with Crippen LogP contribution in [0.15, 0.2) is 24.3 Å². The van der Waals surface area contributed by atoms with E-state index in [2.05, 4.69) is 0 Å². The van der Waals surface area contributed by atoms with E-state index < -0.39 is 0 Å². The van der Waals surface area contributed by atoms with Gasteiger partial charge in [0.05, 0.1) is 13.0 Å². The number of hydrogen-bond donors (Lipinski definition) is 0. The van der Waals surface area contributed by atoms with Crippen molar-refractivity contribution in [2.24, 2.45) is 5.92 Å². The minimum absolute atomic E-state index is 0.108. The molecule has 0 aromatic heterocycles. The van der Waals surface area contributed by atoms with Gasteiger partial charge < -0.3 is 9.47 Å². The zero-order valence-electron chi connectivity index (χ0n) is 8.73. The van der Waals surface area contributed by atoms with E-state index >= 15 is 0 Å². The molecular formula is C12H14O3. The second kappa shape index (κ2) is 4.34. The maximum absolute atomic E-state index is 11.5. The number of ether oxygens (including phenoxy) is 2. The molecule has 15 heavy (non-hydrogen) atoms. The van der Waals surface area contributed by atoms with E-state index in [1.54, 1.807) is 19.2 Å². The Labute approximate surface area is 89.0 Å². The Morgan fingerprint density at radius 1 is 1.33 bits per heavy atom. The van der Waals surface area contributed by atoms with Gasteiger partial charge in [-0.2, -0.15) is 0 Å². The van der Waals surface area contributed by atoms with Crippen LogP contribution in [0.1, 0.15) is 19.3 Å². The van der Waals surface area contributed by atoms with Crippen molar-refractivity contribution < 1.29 is 14.3 Å². The highest BCUT2D eigenvalue weighted by molar-refractivity contribution is 5.75. The van der Waals surface area contributed by atoms with E-state index in [4.69, 9.17) is 9.47 Å². The summed E-state index contributed by atoms with van der Waals surface area (Å²) < 4.78 is 10.3. The Morgan fingerprint density at radius 2 is 2.07 bits per heavy atom. The topological polar surface area (TPSA) is 35.5 Å². The van der Waals surface area contributed by atoms with E-state index in [9.17, 15) is 4.79 Å². The summed E-state index contributed by atoms with van der Waals surface area (Å²) in [5.41, 5.74) is 0. The van der Waals surface area contributed by atoms with Gasteiger partial charge in [0.25, 0.3) is 0 Å². The highest BCUT2D eigenvalue weighted by Crippen LogP contribution is 2.28. The molecule has 1 aliphatic carbocycles. The predicted octanol–water partition coefficient (Wildman–Crippen LogP) is 2.40. The summed E-state index contributed by atoms with van der Waals surface area (Å²) in [5.74, 6) is 1.26. The molecule has 1 aromatic carbocycles. The summed E-state index contributed by atoms with van der Waals surface area (Å²) in [6.45, 7) is 0. The molecule has 0 aliphatic heterocycles. The van der Waals surface area contributed by atoms with Gasteiger partial charge in [-0.15, -0.1) is 0 Å². The van der Waals surface area contributed by atoms with Crippen LogP contribution < -0.4 is 9.47 Å². The number of esters is 1. The van der Waals surface area contributed by atoms with Crippen molar-refractivity contribution in [3.63, 3.8) is 0 Å². The van der Waals surface area contributed by atoms with Crippen LogP contribution in [0.4, 0.5) is 0 Å². The van der Waals surface area contributed by atoms with Gasteiger partial charge in [0.15, 0.2) is 0 Å². The van der Waals surface area contributed by atoms with E-state index in [0.717, 1.165) is 19.3 Å². The van der Waals surface area contributed by atoms with Crippen LogP contribution in [-0.4, -0.2) is 13.1 Å². The molecule has 1 fully saturated rings. The molecule has 0 bridgehead atoms. The largest absolute Gasteiger partial charge is 0.497 e. The fourth-order valence-electron chi connectivity index (χ4n) is 1.51. The van der Waals surface area contributed by atoms with Crippen LogP contribution >= 0.6 is 0 Å². The summed E-state index contributed by atoms with van der Waals surface area (Å²) in [7, 11) is 1.59. The maximum Gasteiger partial charge on any atom is 0.314 e. The molecule has 1 aliphatic rings. The van der Waals surface area contributed by atoms with Gasteiger partial charge in [-0.05, 0) is 25.0 Å². The smallest absolute Gasteiger partial charge is 0.314 e. The van der Waals surface area contributed by atoms with Gasteiger partial charge in [-0.3, -0.25) is 4.79 Å². The Morgan fingerprint density at radius 3 is 2.67 bits per heavy atom. The number of hydrogen-bond acceptors (Lipinski definition) is 3. The first-order valence-electron chi connectivity index (χ1n) is 5.15. The van der Waals surface area contributed by atoms with Crippen molar-refractivity contribution in [2.45, 2.75) is 19.3 Å². The SMILES string of the molecule is COc1cccc(OC(=O)C2CCC2)c1. The lowest BCUT2D eigenvalue weighted by Crippen LogP contribution is -2.26. The Kier molecular flexibility index (Phi) is 2.90. The molecule has 0 saturated heterocycles. The molecular weight excluding hydrogens is 192 g/mol. The fourth-order valence-corrected chi connectivity index (χ4v) is 1.51. The number of carbonyl (C=O) groups excluding carboxylic acids is 1. The van der Waals surface area contributed by atoms with E-state index in [1.807, 2.05) is 12.1 Å². The summed E-state index contributed by atoms with van der Waals surface area (Å²) in [6.07, 6.45) is 3.06. The third kappa shape index (κ3) is 2.29. The Bertz CT molecular complexity index is 356. The first-order chi connectivity index (χ1) is 7.29. The van der Waals surface area contributed by atoms with Crippen LogP contribution in [0.25, 0.3) is 0 Å². The summed E-state index contributed by atoms with van der Waals surface area (Å²) in [4.78, 5) is 11.5. The van der Waals surface area contributed by atoms with Crippen LogP contribution in [0, 0.1) is 5.92 Å². The molecule has 0 unspecified atom stereocenters. The molecule has 3 nitrogen and oxygen atoms in total. The van der Waals surface area contributed by atoms with Gasteiger partial charge in [-0.25, -0.2) is 0 Å². The maximum atomic E-state index is 11.5. The van der Waals surface area contributed by atoms with Crippen molar-refractivity contribution in [2.75, 3.05) is 7.11 Å². The average molecular weight is 206 g/mol. The lowest BCUT2D eigenvalue weighted by Gasteiger charge is -2.22. The summed E-state index contributed by atoms with van der Waals surface area (Å²) in [6, 6.07) is 7.11. The van der Waals surface area contributed by atoms with Crippen molar-refractivity contribution in [3.8, 4) is 11.5 Å². The van der Waals surface area contributed by atoms with Gasteiger partial charge >= 0.3 is 5.97 Å². The molecule has 3 heteroatoms. The fraction of sp³-hybridized carbons (Fsp3) is 0.417. The first kappa shape index (κ1) is 10.0. The third-order valence-electron chi connectivity index (χ3n) is 2.70. The lowest BCUT2D eigenvalue weighted by molar-refractivity contribution is -0.141. The molecule has 1 saturated carbocycles. The zero-order chi connectivity index (χ0) is 10.7. The van der Waals surface area contributed by atoms with E-state index in [0.29, 0.717) is 11.5 Å². The third-order valence-corrected chi connectivity index (χ3v) is 2.70. The lowest BCUT2D eigenvalue weighted by atomic mass is 9.86. The molecule has 0 spiro atoms. The van der Waals surface area contributed by atoms with Crippen LogP contribution in [0.5, 0.6) is 11.5 Å². The minimum atomic E-state index is -0.116. The molecule has 0 radical (unpaired) electrons. The number of benzene rings is 1. The predicted molar refractivity (Wildman–Crippen MR) is 56.0 cm³/mol. The van der Waals surface area contributed by atoms with Crippen LogP contribution in [-0.2, 0) is 4.79 Å². The average Bonchev–Trinajstić information content (AvgIpc) is 2.15. The second-order valence-electron chi connectivity index (χ2n) is 3.73. The molecule has 0 heterocycles. The van der Waals surface area contributed by atoms with Crippen molar-refractivity contribution >= 4 is 5.97 Å². The molecule has 2 rings (SSSR count). The summed E-state index contributed by atoms with van der Waals surface area (Å²) >= 11 is 0. The van der Waals surface area contributed by atoms with Gasteiger partial charge in [0.1, 0.15) is 11.5 Å². The van der Waals surface area contributed by atoms with Crippen molar-refractivity contribution in [1.29, 1.82) is 0 Å². The van der Waals surface area contributed by atoms with Gasteiger partial charge in [0, 0.05) is 6.07 Å². The minimum Gasteiger partial charge on any atom is -0.497 e. The molecule has 0 amide bonds. The highest BCUT2D eigenvalue weighted by atomic mass is 16.5. The second-order valence-corrected chi connectivity index (χ2v) is 3.73. The Hall–Kier alpha value is -1.51. The van der Waals surface area contributed by atoms with Crippen molar-refractivity contribution in [3.05, 3.63) is 24.3 Å². The highest BCUT2D eigenvalue weighted by Gasteiger charge is 2.27. The normalized spacial score (nSPS) is 15.5. The molecule has 0 atom stereocenters. The zero-order valence-corrected chi connectivity index (χ0v) is 8.73. The standard InChI is InChI=1S/C12H14O3/c1-14-10-6-3-7-11(8-10)15-12(13)9-4-2-5-9/h3,6-9H,2,4-5H2,1H3. The molecule has 1 aromatic rings. The quantitative estimate of drug-likeness (QED) is 0.562. The number of carbonyl (C=O) groups is 1. The number of methoxy groups -OCH3 is 1. The van der Waals surface area contributed by atoms with E-state index in [-0.39, 0.29) is 11.9 Å². The van der Waals surface area contributed by atoms with Crippen molar-refractivity contribution in [1.82, 2.24) is 0 Å². The van der Waals surface area contributed by atoms with E-state index in [1.165, 1.54) is 0 Å². The monoisotopic (exact) mass is 206 g/mol.